The first kappa shape index (κ1) is 17.5. The first-order chi connectivity index (χ1) is 11.0. The average Bonchev–Trinajstić information content (AvgIpc) is 3.00. The highest BCUT2D eigenvalue weighted by atomic mass is 32.2. The van der Waals surface area contributed by atoms with Crippen molar-refractivity contribution in [1.29, 1.82) is 0 Å². The summed E-state index contributed by atoms with van der Waals surface area (Å²) in [6.45, 7) is 7.90. The van der Waals surface area contributed by atoms with Gasteiger partial charge in [-0.15, -0.1) is 0 Å². The molecule has 2 heterocycles. The monoisotopic (exact) mass is 350 g/mol. The fraction of sp³-hybridized carbons (Fsp3) is 0.500. The van der Waals surface area contributed by atoms with Gasteiger partial charge in [0.15, 0.2) is 0 Å². The van der Waals surface area contributed by atoms with Crippen LogP contribution in [0.5, 0.6) is 0 Å². The molecule has 0 atom stereocenters. The highest BCUT2D eigenvalue weighted by molar-refractivity contribution is 7.89. The van der Waals surface area contributed by atoms with Gasteiger partial charge in [0.2, 0.25) is 10.0 Å². The smallest absolute Gasteiger partial charge is 0.399 e. The van der Waals surface area contributed by atoms with Crippen LogP contribution in [0.1, 0.15) is 27.7 Å². The third kappa shape index (κ3) is 2.58. The Balaban J connectivity index is 2.17. The Bertz CT molecular complexity index is 871. The number of sulfonamides is 1. The number of benzene rings is 1. The lowest BCUT2D eigenvalue weighted by molar-refractivity contribution is 0.00578. The summed E-state index contributed by atoms with van der Waals surface area (Å²) in [5, 5.41) is 0.895. The van der Waals surface area contributed by atoms with E-state index in [0.717, 1.165) is 10.9 Å². The zero-order valence-electron chi connectivity index (χ0n) is 14.9. The third-order valence-electron chi connectivity index (χ3n) is 4.96. The summed E-state index contributed by atoms with van der Waals surface area (Å²) in [7, 11) is -1.14. The van der Waals surface area contributed by atoms with Gasteiger partial charge in [-0.1, -0.05) is 0 Å². The van der Waals surface area contributed by atoms with E-state index in [4.69, 9.17) is 9.31 Å². The molecule has 2 aromatic rings. The molecule has 1 aromatic carbocycles. The number of H-pyrrole nitrogens is 1. The summed E-state index contributed by atoms with van der Waals surface area (Å²) in [6, 6.07) is 5.19. The Hall–Kier alpha value is -1.35. The third-order valence-corrected chi connectivity index (χ3v) is 6.75. The zero-order chi connectivity index (χ0) is 17.9. The molecule has 1 aliphatic rings. The lowest BCUT2D eigenvalue weighted by Gasteiger charge is -2.32. The van der Waals surface area contributed by atoms with Gasteiger partial charge >= 0.3 is 7.12 Å². The molecule has 1 aliphatic heterocycles. The van der Waals surface area contributed by atoms with Crippen molar-refractivity contribution in [2.45, 2.75) is 43.8 Å². The molecule has 0 amide bonds. The van der Waals surface area contributed by atoms with Crippen molar-refractivity contribution in [1.82, 2.24) is 9.29 Å². The van der Waals surface area contributed by atoms with Gasteiger partial charge in [0.1, 0.15) is 0 Å². The molecule has 3 rings (SSSR count). The van der Waals surface area contributed by atoms with E-state index >= 15 is 0 Å². The molecule has 130 valence electrons. The van der Waals surface area contributed by atoms with E-state index < -0.39 is 28.3 Å². The van der Waals surface area contributed by atoms with Gasteiger partial charge in [-0.2, -0.15) is 0 Å². The first-order valence-corrected chi connectivity index (χ1v) is 9.29. The standard InChI is InChI=1S/C16H23BN2O4S/c1-15(2)16(3,4)23-17(22-15)13-9-11(24(20,21)19(5)6)10-14-12(13)7-8-18-14/h7-10,18H,1-6H3. The van der Waals surface area contributed by atoms with E-state index in [-0.39, 0.29) is 4.90 Å². The minimum atomic E-state index is -3.55. The molecule has 0 unspecified atom stereocenters. The van der Waals surface area contributed by atoms with Crippen LogP contribution >= 0.6 is 0 Å². The van der Waals surface area contributed by atoms with Crippen molar-refractivity contribution in [2.75, 3.05) is 14.1 Å². The molecule has 1 saturated heterocycles. The van der Waals surface area contributed by atoms with Gasteiger partial charge < -0.3 is 14.3 Å². The molecule has 1 fully saturated rings. The zero-order valence-corrected chi connectivity index (χ0v) is 15.7. The minimum absolute atomic E-state index is 0.215. The second-order valence-electron chi connectivity index (χ2n) is 7.33. The molecule has 0 saturated carbocycles. The molecular weight excluding hydrogens is 327 g/mol. The summed E-state index contributed by atoms with van der Waals surface area (Å²) >= 11 is 0. The van der Waals surface area contributed by atoms with Gasteiger partial charge in [-0.25, -0.2) is 12.7 Å². The van der Waals surface area contributed by atoms with Crippen LogP contribution in [0.3, 0.4) is 0 Å². The molecule has 0 spiro atoms. The van der Waals surface area contributed by atoms with Crippen LogP contribution in [0.15, 0.2) is 29.3 Å². The number of nitrogens with zero attached hydrogens (tertiary/aromatic N) is 1. The van der Waals surface area contributed by atoms with Crippen molar-refractivity contribution >= 4 is 33.5 Å². The molecule has 6 nitrogen and oxygen atoms in total. The van der Waals surface area contributed by atoms with E-state index in [1.165, 1.54) is 18.4 Å². The van der Waals surface area contributed by atoms with Crippen LogP contribution in [0.25, 0.3) is 10.9 Å². The van der Waals surface area contributed by atoms with E-state index in [0.29, 0.717) is 5.46 Å². The van der Waals surface area contributed by atoms with E-state index in [2.05, 4.69) is 4.98 Å². The minimum Gasteiger partial charge on any atom is -0.399 e. The quantitative estimate of drug-likeness (QED) is 0.856. The number of aromatic amines is 1. The summed E-state index contributed by atoms with van der Waals surface area (Å²) in [5.41, 5.74) is 0.475. The van der Waals surface area contributed by atoms with Gasteiger partial charge in [-0.3, -0.25) is 0 Å². The average molecular weight is 350 g/mol. The normalized spacial score (nSPS) is 20.2. The van der Waals surface area contributed by atoms with Gasteiger partial charge in [0.05, 0.1) is 16.1 Å². The van der Waals surface area contributed by atoms with Crippen LogP contribution in [-0.4, -0.2) is 50.1 Å². The van der Waals surface area contributed by atoms with Crippen molar-refractivity contribution in [3.63, 3.8) is 0 Å². The summed E-state index contributed by atoms with van der Waals surface area (Å²) in [6.07, 6.45) is 1.78. The topological polar surface area (TPSA) is 71.6 Å². The summed E-state index contributed by atoms with van der Waals surface area (Å²) < 4.78 is 38.5. The highest BCUT2D eigenvalue weighted by Gasteiger charge is 2.52. The van der Waals surface area contributed by atoms with E-state index in [1.807, 2.05) is 33.8 Å². The maximum atomic E-state index is 12.5. The van der Waals surface area contributed by atoms with Crippen molar-refractivity contribution in [2.24, 2.45) is 0 Å². The largest absolute Gasteiger partial charge is 0.495 e. The van der Waals surface area contributed by atoms with Crippen LogP contribution < -0.4 is 5.46 Å². The maximum absolute atomic E-state index is 12.5. The van der Waals surface area contributed by atoms with Crippen LogP contribution in [-0.2, 0) is 19.3 Å². The van der Waals surface area contributed by atoms with Crippen LogP contribution in [0.4, 0.5) is 0 Å². The molecule has 0 radical (unpaired) electrons. The molecule has 1 N–H and O–H groups in total. The molecule has 0 aliphatic carbocycles. The number of rotatable bonds is 3. The van der Waals surface area contributed by atoms with Crippen LogP contribution in [0, 0.1) is 0 Å². The van der Waals surface area contributed by atoms with Crippen molar-refractivity contribution < 1.29 is 17.7 Å². The Morgan fingerprint density at radius 2 is 1.67 bits per heavy atom. The lowest BCUT2D eigenvalue weighted by Crippen LogP contribution is -2.41. The van der Waals surface area contributed by atoms with Gasteiger partial charge in [0.25, 0.3) is 0 Å². The molecular formula is C16H23BN2O4S. The Morgan fingerprint density at radius 1 is 1.08 bits per heavy atom. The second-order valence-corrected chi connectivity index (χ2v) is 9.48. The Morgan fingerprint density at radius 3 is 2.21 bits per heavy atom. The van der Waals surface area contributed by atoms with Crippen LogP contribution in [0.2, 0.25) is 0 Å². The summed E-state index contributed by atoms with van der Waals surface area (Å²) in [5.74, 6) is 0. The number of aromatic nitrogens is 1. The van der Waals surface area contributed by atoms with Crippen molar-refractivity contribution in [3.8, 4) is 0 Å². The molecule has 1 aromatic heterocycles. The SMILES string of the molecule is CN(C)S(=O)(=O)c1cc(B2OC(C)(C)C(C)(C)O2)c2cc[nH]c2c1. The number of hydrogen-bond acceptors (Lipinski definition) is 4. The molecule has 0 bridgehead atoms. The molecule has 24 heavy (non-hydrogen) atoms. The summed E-state index contributed by atoms with van der Waals surface area (Å²) in [4.78, 5) is 3.30. The number of nitrogens with one attached hydrogen (secondary N) is 1. The number of fused-ring (bicyclic) bond motifs is 1. The lowest BCUT2D eigenvalue weighted by atomic mass is 9.77. The Labute approximate surface area is 143 Å². The Kier molecular flexibility index (Phi) is 3.88. The maximum Gasteiger partial charge on any atom is 0.495 e. The fourth-order valence-electron chi connectivity index (χ4n) is 2.69. The predicted molar refractivity (Wildman–Crippen MR) is 94.9 cm³/mol. The van der Waals surface area contributed by atoms with Crippen molar-refractivity contribution in [3.05, 3.63) is 24.4 Å². The number of hydrogen-bond donors (Lipinski definition) is 1. The highest BCUT2D eigenvalue weighted by Crippen LogP contribution is 2.37. The van der Waals surface area contributed by atoms with E-state index in [9.17, 15) is 8.42 Å². The first-order valence-electron chi connectivity index (χ1n) is 7.85. The fourth-order valence-corrected chi connectivity index (χ4v) is 3.66. The van der Waals surface area contributed by atoms with E-state index in [1.54, 1.807) is 18.3 Å². The molecule has 8 heteroatoms. The van der Waals surface area contributed by atoms with Gasteiger partial charge in [0, 0.05) is 25.8 Å². The second kappa shape index (κ2) is 5.32. The predicted octanol–water partition coefficient (Wildman–Crippen LogP) is 1.72. The van der Waals surface area contributed by atoms with Gasteiger partial charge in [-0.05, 0) is 56.7 Å².